The lowest BCUT2D eigenvalue weighted by atomic mass is 9.82. The van der Waals surface area contributed by atoms with Crippen LogP contribution in [0.1, 0.15) is 54.4 Å². The molecule has 0 spiro atoms. The Morgan fingerprint density at radius 1 is 0.610 bits per heavy atom. The van der Waals surface area contributed by atoms with Crippen LogP contribution in [0.2, 0.25) is 0 Å². The molecule has 0 bridgehead atoms. The molecule has 0 aliphatic rings. The van der Waals surface area contributed by atoms with Crippen molar-refractivity contribution in [1.29, 1.82) is 0 Å². The van der Waals surface area contributed by atoms with Gasteiger partial charge in [0.1, 0.15) is 0 Å². The quantitative estimate of drug-likeness (QED) is 0.199. The molecule has 0 atom stereocenters. The molecule has 0 fully saturated rings. The zero-order chi connectivity index (χ0) is 30.1. The highest BCUT2D eigenvalue weighted by Crippen LogP contribution is 2.42. The Morgan fingerprint density at radius 2 is 1.12 bits per heavy atom. The molecule has 0 amide bonds. The van der Waals surface area contributed by atoms with Crippen LogP contribution in [-0.2, 0) is 17.8 Å². The van der Waals surface area contributed by atoms with E-state index in [2.05, 4.69) is 19.9 Å². The minimum atomic E-state index is -5.40. The Labute approximate surface area is 232 Å². The Balaban J connectivity index is 1.95. The third kappa shape index (κ3) is 5.23. The smallest absolute Gasteiger partial charge is 0.223 e. The zero-order valence-electron chi connectivity index (χ0n) is 23.2. The van der Waals surface area contributed by atoms with Crippen LogP contribution >= 0.6 is 0 Å². The molecule has 0 aliphatic carbocycles. The van der Waals surface area contributed by atoms with Gasteiger partial charge >= 0.3 is 12.4 Å². The summed E-state index contributed by atoms with van der Waals surface area (Å²) in [5.74, 6) is 0. The van der Waals surface area contributed by atoms with Crippen molar-refractivity contribution in [2.24, 2.45) is 0 Å². The van der Waals surface area contributed by atoms with Crippen LogP contribution in [0.25, 0.3) is 44.6 Å². The number of aryl methyl sites for hydroxylation is 3. The van der Waals surface area contributed by atoms with Gasteiger partial charge in [-0.25, -0.2) is 19.9 Å². The lowest BCUT2D eigenvalue weighted by Gasteiger charge is -2.23. The maximum absolute atomic E-state index is 13.7. The van der Waals surface area contributed by atoms with E-state index in [0.717, 1.165) is 33.0 Å². The largest absolute Gasteiger partial charge is 0.435 e. The highest BCUT2D eigenvalue weighted by Gasteiger charge is 2.47. The summed E-state index contributed by atoms with van der Waals surface area (Å²) in [4.78, 5) is 15.6. The number of benzene rings is 3. The highest BCUT2D eigenvalue weighted by molar-refractivity contribution is 5.94. The minimum absolute atomic E-state index is 0.200. The van der Waals surface area contributed by atoms with Gasteiger partial charge in [-0.2, -0.15) is 26.3 Å². The van der Waals surface area contributed by atoms with Crippen LogP contribution in [0, 0.1) is 20.8 Å². The number of rotatable bonds is 2. The first-order chi connectivity index (χ1) is 18.9. The summed E-state index contributed by atoms with van der Waals surface area (Å²) in [6.07, 6.45) is -10.8. The molecule has 0 saturated carbocycles. The van der Waals surface area contributed by atoms with Crippen LogP contribution in [0.3, 0.4) is 0 Å². The second kappa shape index (κ2) is 9.49. The Hall–Kier alpha value is -4.08. The average molecular weight is 569 g/mol. The van der Waals surface area contributed by atoms with Crippen molar-refractivity contribution in [3.8, 4) is 22.5 Å². The number of alkyl halides is 6. The Bertz CT molecular complexity index is 1810. The van der Waals surface area contributed by atoms with Gasteiger partial charge in [-0.3, -0.25) is 0 Å². The van der Waals surface area contributed by atoms with Gasteiger partial charge in [0, 0.05) is 11.1 Å². The summed E-state index contributed by atoms with van der Waals surface area (Å²) in [5.41, 5.74) is -0.804. The van der Waals surface area contributed by atoms with E-state index in [1.54, 1.807) is 0 Å². The van der Waals surface area contributed by atoms with Crippen LogP contribution < -0.4 is 0 Å². The van der Waals surface area contributed by atoms with Crippen LogP contribution in [-0.4, -0.2) is 19.9 Å². The predicted octanol–water partition coefficient (Wildman–Crippen LogP) is 9.17. The monoisotopic (exact) mass is 568 g/mol. The lowest BCUT2D eigenvalue weighted by Crippen LogP contribution is -2.21. The fraction of sp³-hybridized carbons (Fsp3) is 0.290. The molecule has 0 N–H and O–H groups in total. The normalized spacial score (nSPS) is 12.9. The van der Waals surface area contributed by atoms with Crippen LogP contribution in [0.4, 0.5) is 26.3 Å². The van der Waals surface area contributed by atoms with E-state index in [1.165, 1.54) is 0 Å². The number of nitrogens with zero attached hydrogens (tertiary/aromatic N) is 4. The number of hydrogen-bond donors (Lipinski definition) is 0. The van der Waals surface area contributed by atoms with Crippen molar-refractivity contribution >= 4 is 22.1 Å². The van der Waals surface area contributed by atoms with Gasteiger partial charge in [-0.15, -0.1) is 0 Å². The van der Waals surface area contributed by atoms with Crippen molar-refractivity contribution in [1.82, 2.24) is 19.9 Å². The molecule has 0 unspecified atom stereocenters. The van der Waals surface area contributed by atoms with E-state index in [-0.39, 0.29) is 16.8 Å². The Morgan fingerprint density at radius 3 is 1.63 bits per heavy atom. The summed E-state index contributed by atoms with van der Waals surface area (Å²) in [5, 5.41) is 1.87. The molecule has 212 valence electrons. The summed E-state index contributed by atoms with van der Waals surface area (Å²) in [7, 11) is 0. The molecule has 0 aliphatic heterocycles. The fourth-order valence-electron chi connectivity index (χ4n) is 5.28. The van der Waals surface area contributed by atoms with Crippen molar-refractivity contribution in [3.05, 3.63) is 82.2 Å². The molecule has 0 saturated heterocycles. The predicted molar refractivity (Wildman–Crippen MR) is 146 cm³/mol. The lowest BCUT2D eigenvalue weighted by molar-refractivity contribution is -0.167. The van der Waals surface area contributed by atoms with Crippen LogP contribution in [0.5, 0.6) is 0 Å². The number of fused-ring (bicyclic) bond motifs is 2. The fourth-order valence-corrected chi connectivity index (χ4v) is 5.28. The maximum Gasteiger partial charge on any atom is 0.435 e. The molecule has 41 heavy (non-hydrogen) atoms. The van der Waals surface area contributed by atoms with E-state index < -0.39 is 35.0 Å². The second-order valence-electron chi connectivity index (χ2n) is 11.3. The highest BCUT2D eigenvalue weighted by atomic mass is 19.4. The molecule has 2 heterocycles. The molecule has 2 aromatic heterocycles. The molecule has 5 aromatic rings. The van der Waals surface area contributed by atoms with E-state index in [4.69, 9.17) is 0 Å². The molecule has 4 nitrogen and oxygen atoms in total. The molecular weight excluding hydrogens is 542 g/mol. The summed E-state index contributed by atoms with van der Waals surface area (Å²) >= 11 is 0. The average Bonchev–Trinajstić information content (AvgIpc) is 2.84. The summed E-state index contributed by atoms with van der Waals surface area (Å²) in [6.45, 7) is 11.7. The van der Waals surface area contributed by atoms with Gasteiger partial charge in [-0.1, -0.05) is 62.7 Å². The van der Waals surface area contributed by atoms with E-state index in [0.29, 0.717) is 11.1 Å². The topological polar surface area (TPSA) is 51.6 Å². The SMILES string of the molecule is Cc1cc(C)c(-c2nc3nc(C(F)(F)F)c(C(F)(F)F)nc3nc2-c2cc(C(C)(C)C)c3ccccc3c2)c(C)c1. The van der Waals surface area contributed by atoms with Gasteiger partial charge in [0.15, 0.2) is 22.7 Å². The summed E-state index contributed by atoms with van der Waals surface area (Å²) in [6, 6.07) is 15.3. The molecule has 5 rings (SSSR count). The molecule has 10 heteroatoms. The maximum atomic E-state index is 13.7. The molecular formula is C31H26F6N4. The van der Waals surface area contributed by atoms with Crippen molar-refractivity contribution in [2.45, 2.75) is 59.3 Å². The van der Waals surface area contributed by atoms with Crippen molar-refractivity contribution in [2.75, 3.05) is 0 Å². The van der Waals surface area contributed by atoms with E-state index >= 15 is 0 Å². The second-order valence-corrected chi connectivity index (χ2v) is 11.3. The Kier molecular flexibility index (Phi) is 6.59. The first kappa shape index (κ1) is 28.4. The number of hydrogen-bond acceptors (Lipinski definition) is 4. The van der Waals surface area contributed by atoms with Gasteiger partial charge in [0.2, 0.25) is 0 Å². The summed E-state index contributed by atoms with van der Waals surface area (Å²) < 4.78 is 82.3. The first-order valence-electron chi connectivity index (χ1n) is 12.8. The zero-order valence-corrected chi connectivity index (χ0v) is 23.2. The minimum Gasteiger partial charge on any atom is -0.223 e. The van der Waals surface area contributed by atoms with Gasteiger partial charge in [0.05, 0.1) is 11.4 Å². The van der Waals surface area contributed by atoms with Gasteiger partial charge in [0.25, 0.3) is 0 Å². The van der Waals surface area contributed by atoms with E-state index in [9.17, 15) is 26.3 Å². The standard InChI is InChI=1S/C31H26F6N4/c1-15-11-16(2)22(17(3)12-15)24-23(19-13-18-9-7-8-10-20(18)21(14-19)29(4,5)6)38-27-28(39-24)41-26(31(35,36)37)25(40-27)30(32,33)34/h7-14H,1-6H3. The number of halogens is 6. The van der Waals surface area contributed by atoms with Crippen molar-refractivity contribution in [3.63, 3.8) is 0 Å². The van der Waals surface area contributed by atoms with Gasteiger partial charge < -0.3 is 0 Å². The third-order valence-electron chi connectivity index (χ3n) is 6.91. The van der Waals surface area contributed by atoms with Crippen LogP contribution in [0.15, 0.2) is 48.5 Å². The molecule has 3 aromatic carbocycles. The van der Waals surface area contributed by atoms with Gasteiger partial charge in [-0.05, 0) is 65.8 Å². The molecule has 0 radical (unpaired) electrons. The number of aromatic nitrogens is 4. The first-order valence-corrected chi connectivity index (χ1v) is 12.8. The van der Waals surface area contributed by atoms with Crippen molar-refractivity contribution < 1.29 is 26.3 Å². The third-order valence-corrected chi connectivity index (χ3v) is 6.91. The van der Waals surface area contributed by atoms with E-state index in [1.807, 2.05) is 90.1 Å².